The zero-order valence-electron chi connectivity index (χ0n) is 11.8. The first-order chi connectivity index (χ1) is 9.04. The zero-order chi connectivity index (χ0) is 15.6. The van der Waals surface area contributed by atoms with Crippen molar-refractivity contribution in [3.63, 3.8) is 0 Å². The highest BCUT2D eigenvalue weighted by atomic mass is 32.2. The Kier molecular flexibility index (Phi) is 5.04. The van der Waals surface area contributed by atoms with Gasteiger partial charge in [0.25, 0.3) is 0 Å². The van der Waals surface area contributed by atoms with Crippen molar-refractivity contribution in [2.24, 2.45) is 0 Å². The number of hydrogen-bond acceptors (Lipinski definition) is 4. The molecule has 0 radical (unpaired) electrons. The van der Waals surface area contributed by atoms with Gasteiger partial charge in [-0.05, 0) is 27.2 Å². The van der Waals surface area contributed by atoms with E-state index < -0.39 is 27.8 Å². The van der Waals surface area contributed by atoms with Gasteiger partial charge in [-0.1, -0.05) is 6.92 Å². The maximum Gasteiger partial charge on any atom is 0.415 e. The lowest BCUT2D eigenvalue weighted by atomic mass is 9.90. The molecule has 0 unspecified atom stereocenters. The summed E-state index contributed by atoms with van der Waals surface area (Å²) in [6, 6.07) is 0. The van der Waals surface area contributed by atoms with Crippen molar-refractivity contribution < 1.29 is 17.7 Å². The Balaban J connectivity index is 3.28. The third-order valence-corrected chi connectivity index (χ3v) is 4.54. The van der Waals surface area contributed by atoms with Crippen LogP contribution in [-0.4, -0.2) is 25.4 Å². The number of nitrogens with zero attached hydrogens (tertiary/aromatic N) is 2. The maximum atomic E-state index is 13.6. The van der Waals surface area contributed by atoms with Gasteiger partial charge >= 0.3 is 6.18 Å². The summed E-state index contributed by atoms with van der Waals surface area (Å²) in [5.74, 6) is 0. The van der Waals surface area contributed by atoms with E-state index in [0.29, 0.717) is 0 Å². The lowest BCUT2D eigenvalue weighted by molar-refractivity contribution is -0.196. The van der Waals surface area contributed by atoms with Gasteiger partial charge in [-0.25, -0.2) is 9.97 Å². The molecule has 0 fully saturated rings. The fraction of sp³-hybridized carbons (Fsp3) is 0.667. The van der Waals surface area contributed by atoms with Crippen LogP contribution in [0, 0.1) is 0 Å². The number of nitrogens with one attached hydrogen (secondary N) is 1. The van der Waals surface area contributed by atoms with Gasteiger partial charge < -0.3 is 4.55 Å². The van der Waals surface area contributed by atoms with Crippen molar-refractivity contribution in [2.75, 3.05) is 0 Å². The molecule has 0 aliphatic carbocycles. The first kappa shape index (κ1) is 17.2. The molecule has 1 aromatic rings. The molecule has 114 valence electrons. The van der Waals surface area contributed by atoms with E-state index in [2.05, 4.69) is 14.7 Å². The van der Waals surface area contributed by atoms with Gasteiger partial charge in [0.2, 0.25) is 0 Å². The van der Waals surface area contributed by atoms with Crippen LogP contribution >= 0.6 is 0 Å². The van der Waals surface area contributed by atoms with Gasteiger partial charge in [-0.2, -0.15) is 13.2 Å². The predicted molar refractivity (Wildman–Crippen MR) is 71.1 cm³/mol. The van der Waals surface area contributed by atoms with Crippen LogP contribution in [0.25, 0.3) is 0 Å². The quantitative estimate of drug-likeness (QED) is 0.869. The summed E-state index contributed by atoms with van der Waals surface area (Å²) in [6.45, 7) is 6.20. The largest absolute Gasteiger partial charge is 0.598 e. The van der Waals surface area contributed by atoms with E-state index in [-0.39, 0.29) is 12.0 Å². The summed E-state index contributed by atoms with van der Waals surface area (Å²) in [5, 5.41) is 0. The molecule has 0 aliphatic rings. The van der Waals surface area contributed by atoms with Crippen LogP contribution in [0.5, 0.6) is 0 Å². The molecule has 2 atom stereocenters. The minimum Gasteiger partial charge on any atom is -0.598 e. The van der Waals surface area contributed by atoms with Gasteiger partial charge in [0.05, 0.1) is 0 Å². The molecule has 0 aliphatic heterocycles. The molecule has 0 saturated heterocycles. The Bertz CT molecular complexity index is 436. The Labute approximate surface area is 119 Å². The van der Waals surface area contributed by atoms with Crippen LogP contribution in [0.2, 0.25) is 0 Å². The van der Waals surface area contributed by atoms with Crippen molar-refractivity contribution in [3.05, 3.63) is 24.3 Å². The van der Waals surface area contributed by atoms with Gasteiger partial charge in [0.15, 0.2) is 5.54 Å². The van der Waals surface area contributed by atoms with Crippen molar-refractivity contribution in [3.8, 4) is 0 Å². The second kappa shape index (κ2) is 5.87. The molecule has 1 rings (SSSR count). The first-order valence-corrected chi connectivity index (χ1v) is 7.21. The van der Waals surface area contributed by atoms with Crippen LogP contribution in [-0.2, 0) is 16.9 Å². The second-order valence-electron chi connectivity index (χ2n) is 5.37. The van der Waals surface area contributed by atoms with E-state index >= 15 is 0 Å². The summed E-state index contributed by atoms with van der Waals surface area (Å²) in [7, 11) is 0. The number of halogens is 3. The third-order valence-electron chi connectivity index (χ3n) is 2.89. The zero-order valence-corrected chi connectivity index (χ0v) is 12.6. The van der Waals surface area contributed by atoms with E-state index in [1.807, 2.05) is 0 Å². The smallest absolute Gasteiger partial charge is 0.415 e. The van der Waals surface area contributed by atoms with Gasteiger partial charge in [-0.15, -0.1) is 4.72 Å². The molecule has 4 nitrogen and oxygen atoms in total. The standard InChI is InChI=1S/C12H18F3N3OS/c1-5-11(12(13,14)15,9-6-16-8-17-7-9)18-20(19)10(2,3)4/h6-8,18H,5H2,1-4H3/t11-,20-/m1/s1. The van der Waals surface area contributed by atoms with Crippen LogP contribution in [0.15, 0.2) is 18.7 Å². The van der Waals surface area contributed by atoms with Crippen LogP contribution in [0.1, 0.15) is 39.7 Å². The summed E-state index contributed by atoms with van der Waals surface area (Å²) >= 11 is -1.88. The molecular formula is C12H18F3N3OS. The average molecular weight is 309 g/mol. The summed E-state index contributed by atoms with van der Waals surface area (Å²) in [4.78, 5) is 7.26. The predicted octanol–water partition coefficient (Wildman–Crippen LogP) is 2.70. The molecule has 1 heterocycles. The highest BCUT2D eigenvalue weighted by molar-refractivity contribution is 7.90. The first-order valence-electron chi connectivity index (χ1n) is 6.06. The van der Waals surface area contributed by atoms with Gasteiger partial charge in [-0.3, -0.25) is 0 Å². The molecule has 0 spiro atoms. The van der Waals surface area contributed by atoms with Crippen molar-refractivity contribution >= 4 is 11.4 Å². The topological polar surface area (TPSA) is 60.9 Å². The van der Waals surface area contributed by atoms with Crippen molar-refractivity contribution in [2.45, 2.75) is 50.6 Å². The number of hydrogen-bond donors (Lipinski definition) is 1. The van der Waals surface area contributed by atoms with Gasteiger partial charge in [0, 0.05) is 29.3 Å². The summed E-state index contributed by atoms with van der Waals surface area (Å²) in [5.41, 5.74) is -2.57. The normalized spacial score (nSPS) is 17.6. The van der Waals surface area contributed by atoms with Crippen LogP contribution in [0.3, 0.4) is 0 Å². The fourth-order valence-electron chi connectivity index (χ4n) is 1.59. The third kappa shape index (κ3) is 3.42. The molecule has 0 amide bonds. The Hall–Kier alpha value is -0.860. The SMILES string of the molecule is CC[C@@](N[S@+]([O-])C(C)(C)C)(c1cncnc1)C(F)(F)F. The molecule has 0 bridgehead atoms. The van der Waals surface area contributed by atoms with Gasteiger partial charge in [0.1, 0.15) is 11.1 Å². The van der Waals surface area contributed by atoms with Crippen molar-refractivity contribution in [1.29, 1.82) is 0 Å². The molecule has 0 saturated carbocycles. The minimum absolute atomic E-state index is 0.146. The number of rotatable bonds is 4. The Morgan fingerprint density at radius 2 is 1.70 bits per heavy atom. The number of alkyl halides is 3. The monoisotopic (exact) mass is 309 g/mol. The maximum absolute atomic E-state index is 13.6. The van der Waals surface area contributed by atoms with Crippen molar-refractivity contribution in [1.82, 2.24) is 14.7 Å². The van der Waals surface area contributed by atoms with E-state index in [1.165, 1.54) is 6.92 Å². The fourth-order valence-corrected chi connectivity index (χ4v) is 2.59. The molecular weight excluding hydrogens is 291 g/mol. The van der Waals surface area contributed by atoms with Crippen LogP contribution < -0.4 is 4.72 Å². The molecule has 1 N–H and O–H groups in total. The Morgan fingerprint density at radius 1 is 1.20 bits per heavy atom. The summed E-state index contributed by atoms with van der Waals surface area (Å²) in [6.07, 6.45) is -1.59. The summed E-state index contributed by atoms with van der Waals surface area (Å²) < 4.78 is 54.2. The molecule has 1 aromatic heterocycles. The lowest BCUT2D eigenvalue weighted by Gasteiger charge is -2.37. The molecule has 8 heteroatoms. The highest BCUT2D eigenvalue weighted by Crippen LogP contribution is 2.42. The van der Waals surface area contributed by atoms with Crippen LogP contribution in [0.4, 0.5) is 13.2 Å². The number of aromatic nitrogens is 2. The highest BCUT2D eigenvalue weighted by Gasteiger charge is 2.59. The minimum atomic E-state index is -4.62. The lowest BCUT2D eigenvalue weighted by Crippen LogP contribution is -2.58. The van der Waals surface area contributed by atoms with E-state index in [0.717, 1.165) is 18.7 Å². The average Bonchev–Trinajstić information content (AvgIpc) is 2.34. The van der Waals surface area contributed by atoms with E-state index in [1.54, 1.807) is 20.8 Å². The molecule has 0 aromatic carbocycles. The molecule has 20 heavy (non-hydrogen) atoms. The van der Waals surface area contributed by atoms with E-state index in [4.69, 9.17) is 0 Å². The van der Waals surface area contributed by atoms with E-state index in [9.17, 15) is 17.7 Å². The Morgan fingerprint density at radius 3 is 2.05 bits per heavy atom. The second-order valence-corrected chi connectivity index (χ2v) is 7.33.